The molecule has 0 atom stereocenters. The van der Waals surface area contributed by atoms with E-state index in [9.17, 15) is 0 Å². The van der Waals surface area contributed by atoms with Gasteiger partial charge in [-0.15, -0.1) is 0 Å². The molecule has 0 bridgehead atoms. The van der Waals surface area contributed by atoms with Gasteiger partial charge in [-0.1, -0.05) is 5.16 Å². The van der Waals surface area contributed by atoms with E-state index in [1.807, 2.05) is 0 Å². The topological polar surface area (TPSA) is 107 Å². The first kappa shape index (κ1) is 8.54. The van der Waals surface area contributed by atoms with Gasteiger partial charge in [-0.25, -0.2) is 4.98 Å². The summed E-state index contributed by atoms with van der Waals surface area (Å²) in [5.74, 6) is 1.38. The lowest BCUT2D eigenvalue weighted by molar-refractivity contribution is 0.181. The molecule has 7 nitrogen and oxygen atoms in total. The Hall–Kier alpha value is -1.76. The standard InChI is InChI=1S/C8H10N6O/c9-8(2-1-3-8)7-12-6(14-15-7)5-10-4-11-13-5/h4H,1-3,9H2,(H,10,11,13). The highest BCUT2D eigenvalue weighted by atomic mass is 16.5. The fourth-order valence-electron chi connectivity index (χ4n) is 1.61. The number of H-pyrrole nitrogens is 1. The van der Waals surface area contributed by atoms with Crippen molar-refractivity contribution >= 4 is 0 Å². The summed E-state index contributed by atoms with van der Waals surface area (Å²) >= 11 is 0. The van der Waals surface area contributed by atoms with Crippen molar-refractivity contribution < 1.29 is 4.52 Å². The van der Waals surface area contributed by atoms with Crippen LogP contribution < -0.4 is 5.73 Å². The van der Waals surface area contributed by atoms with Gasteiger partial charge in [0, 0.05) is 0 Å². The fraction of sp³-hybridized carbons (Fsp3) is 0.500. The highest BCUT2D eigenvalue weighted by Gasteiger charge is 2.40. The van der Waals surface area contributed by atoms with Gasteiger partial charge in [-0.05, 0) is 19.3 Å². The third kappa shape index (κ3) is 1.23. The van der Waals surface area contributed by atoms with Crippen molar-refractivity contribution in [2.24, 2.45) is 5.73 Å². The van der Waals surface area contributed by atoms with E-state index in [2.05, 4.69) is 25.3 Å². The minimum Gasteiger partial charge on any atom is -0.337 e. The smallest absolute Gasteiger partial charge is 0.247 e. The molecule has 2 aromatic heterocycles. The highest BCUT2D eigenvalue weighted by Crippen LogP contribution is 2.37. The van der Waals surface area contributed by atoms with Crippen LogP contribution >= 0.6 is 0 Å². The summed E-state index contributed by atoms with van der Waals surface area (Å²) in [5, 5.41) is 10.2. The van der Waals surface area contributed by atoms with Crippen molar-refractivity contribution in [3.05, 3.63) is 12.2 Å². The average Bonchev–Trinajstić information content (AvgIpc) is 2.84. The van der Waals surface area contributed by atoms with E-state index >= 15 is 0 Å². The van der Waals surface area contributed by atoms with Crippen molar-refractivity contribution in [2.75, 3.05) is 0 Å². The molecular weight excluding hydrogens is 196 g/mol. The predicted molar refractivity (Wildman–Crippen MR) is 49.4 cm³/mol. The molecule has 1 aliphatic carbocycles. The summed E-state index contributed by atoms with van der Waals surface area (Å²) in [6.45, 7) is 0. The molecule has 0 aliphatic heterocycles. The van der Waals surface area contributed by atoms with Crippen molar-refractivity contribution in [1.82, 2.24) is 25.3 Å². The Kier molecular flexibility index (Phi) is 1.63. The molecule has 7 heteroatoms. The minimum absolute atomic E-state index is 0.402. The van der Waals surface area contributed by atoms with Crippen LogP contribution in [0.2, 0.25) is 0 Å². The zero-order chi connectivity index (χ0) is 10.3. The molecule has 2 aromatic rings. The molecule has 1 saturated carbocycles. The van der Waals surface area contributed by atoms with Crippen LogP contribution in [0.15, 0.2) is 10.9 Å². The molecule has 1 fully saturated rings. The second kappa shape index (κ2) is 2.86. The molecule has 2 heterocycles. The molecule has 0 saturated heterocycles. The number of nitrogens with zero attached hydrogens (tertiary/aromatic N) is 4. The van der Waals surface area contributed by atoms with Gasteiger partial charge in [-0.2, -0.15) is 10.1 Å². The van der Waals surface area contributed by atoms with Crippen LogP contribution in [0.25, 0.3) is 11.6 Å². The first-order chi connectivity index (χ1) is 7.28. The summed E-state index contributed by atoms with van der Waals surface area (Å²) in [6, 6.07) is 0. The minimum atomic E-state index is -0.425. The quantitative estimate of drug-likeness (QED) is 0.726. The van der Waals surface area contributed by atoms with Crippen LogP contribution in [0.4, 0.5) is 0 Å². The molecule has 0 aromatic carbocycles. The second-order valence-corrected chi connectivity index (χ2v) is 3.77. The van der Waals surface area contributed by atoms with Crippen LogP contribution in [0.3, 0.4) is 0 Å². The Bertz CT molecular complexity index is 457. The Balaban J connectivity index is 1.94. The van der Waals surface area contributed by atoms with E-state index < -0.39 is 5.54 Å². The van der Waals surface area contributed by atoms with Gasteiger partial charge in [-0.3, -0.25) is 5.10 Å². The molecule has 0 radical (unpaired) electrons. The molecule has 3 rings (SSSR count). The van der Waals surface area contributed by atoms with Crippen LogP contribution in [0, 0.1) is 0 Å². The lowest BCUT2D eigenvalue weighted by atomic mass is 9.78. The maximum absolute atomic E-state index is 6.05. The zero-order valence-electron chi connectivity index (χ0n) is 7.97. The maximum atomic E-state index is 6.05. The average molecular weight is 206 g/mol. The number of hydrogen-bond donors (Lipinski definition) is 2. The normalized spacial score (nSPS) is 18.7. The van der Waals surface area contributed by atoms with E-state index in [-0.39, 0.29) is 0 Å². The number of aromatic amines is 1. The number of nitrogens with two attached hydrogens (primary N) is 1. The molecule has 0 spiro atoms. The van der Waals surface area contributed by atoms with Crippen molar-refractivity contribution in [1.29, 1.82) is 0 Å². The SMILES string of the molecule is NC1(c2nc(-c3ncn[nH]3)no2)CCC1. The monoisotopic (exact) mass is 206 g/mol. The van der Waals surface area contributed by atoms with Crippen molar-refractivity contribution in [2.45, 2.75) is 24.8 Å². The van der Waals surface area contributed by atoms with Gasteiger partial charge in [0.25, 0.3) is 0 Å². The predicted octanol–water partition coefficient (Wildman–Crippen LogP) is 0.193. The third-order valence-corrected chi connectivity index (χ3v) is 2.72. The van der Waals surface area contributed by atoms with E-state index in [1.165, 1.54) is 6.33 Å². The number of rotatable bonds is 2. The van der Waals surface area contributed by atoms with E-state index in [0.717, 1.165) is 19.3 Å². The Labute approximate surface area is 85.1 Å². The van der Waals surface area contributed by atoms with Crippen LogP contribution in [0.5, 0.6) is 0 Å². The summed E-state index contributed by atoms with van der Waals surface area (Å²) in [6.07, 6.45) is 4.29. The summed E-state index contributed by atoms with van der Waals surface area (Å²) in [4.78, 5) is 8.14. The van der Waals surface area contributed by atoms with Gasteiger partial charge in [0.1, 0.15) is 6.33 Å². The molecular formula is C8H10N6O. The zero-order valence-corrected chi connectivity index (χ0v) is 7.97. The summed E-state index contributed by atoms with van der Waals surface area (Å²) < 4.78 is 5.12. The first-order valence-corrected chi connectivity index (χ1v) is 4.77. The van der Waals surface area contributed by atoms with Crippen molar-refractivity contribution in [3.63, 3.8) is 0 Å². The van der Waals surface area contributed by atoms with Gasteiger partial charge < -0.3 is 10.3 Å². The largest absolute Gasteiger partial charge is 0.337 e. The van der Waals surface area contributed by atoms with Gasteiger partial charge in [0.2, 0.25) is 11.7 Å². The third-order valence-electron chi connectivity index (χ3n) is 2.72. The van der Waals surface area contributed by atoms with Crippen molar-refractivity contribution in [3.8, 4) is 11.6 Å². The maximum Gasteiger partial charge on any atom is 0.247 e. The lowest BCUT2D eigenvalue weighted by Crippen LogP contribution is -2.43. The number of nitrogens with one attached hydrogen (secondary N) is 1. The molecule has 0 amide bonds. The molecule has 3 N–H and O–H groups in total. The number of hydrogen-bond acceptors (Lipinski definition) is 6. The molecule has 78 valence electrons. The molecule has 15 heavy (non-hydrogen) atoms. The Morgan fingerprint density at radius 3 is 2.93 bits per heavy atom. The van der Waals surface area contributed by atoms with Crippen LogP contribution in [-0.2, 0) is 5.54 Å². The van der Waals surface area contributed by atoms with E-state index in [4.69, 9.17) is 10.3 Å². The van der Waals surface area contributed by atoms with E-state index in [0.29, 0.717) is 17.5 Å². The first-order valence-electron chi connectivity index (χ1n) is 4.77. The van der Waals surface area contributed by atoms with Gasteiger partial charge in [0.05, 0.1) is 5.54 Å². The van der Waals surface area contributed by atoms with Gasteiger partial charge in [0.15, 0.2) is 5.82 Å². The molecule has 0 unspecified atom stereocenters. The second-order valence-electron chi connectivity index (χ2n) is 3.77. The van der Waals surface area contributed by atoms with E-state index in [1.54, 1.807) is 0 Å². The Morgan fingerprint density at radius 1 is 1.47 bits per heavy atom. The fourth-order valence-corrected chi connectivity index (χ4v) is 1.61. The highest BCUT2D eigenvalue weighted by molar-refractivity contribution is 5.40. The summed E-state index contributed by atoms with van der Waals surface area (Å²) in [5.41, 5.74) is 5.62. The van der Waals surface area contributed by atoms with Gasteiger partial charge >= 0.3 is 0 Å². The van der Waals surface area contributed by atoms with Crippen LogP contribution in [-0.4, -0.2) is 25.3 Å². The summed E-state index contributed by atoms with van der Waals surface area (Å²) in [7, 11) is 0. The Morgan fingerprint density at radius 2 is 2.33 bits per heavy atom. The number of aromatic nitrogens is 5. The lowest BCUT2D eigenvalue weighted by Gasteiger charge is -2.33. The van der Waals surface area contributed by atoms with Crippen LogP contribution in [0.1, 0.15) is 25.2 Å². The molecule has 1 aliphatic rings.